The molecular weight excluding hydrogens is 300 g/mol. The van der Waals surface area contributed by atoms with Crippen molar-refractivity contribution in [3.8, 4) is 5.75 Å². The maximum Gasteiger partial charge on any atom is 0.246 e. The Morgan fingerprint density at radius 2 is 1.86 bits per heavy atom. The maximum absolute atomic E-state index is 12.2. The zero-order valence-electron chi connectivity index (χ0n) is 12.8. The monoisotopic (exact) mass is 318 g/mol. The van der Waals surface area contributed by atoms with Crippen LogP contribution in [0.3, 0.4) is 0 Å². The van der Waals surface area contributed by atoms with Gasteiger partial charge in [-0.3, -0.25) is 4.79 Å². The van der Waals surface area contributed by atoms with Gasteiger partial charge in [0.1, 0.15) is 11.8 Å². The zero-order chi connectivity index (χ0) is 16.1. The molecule has 0 unspecified atom stereocenters. The lowest BCUT2D eigenvalue weighted by molar-refractivity contribution is -0.116. The Morgan fingerprint density at radius 1 is 1.18 bits per heavy atom. The molecule has 5 heteroatoms. The van der Waals surface area contributed by atoms with Crippen molar-refractivity contribution in [1.29, 1.82) is 0 Å². The van der Waals surface area contributed by atoms with Gasteiger partial charge in [0, 0.05) is 16.4 Å². The average Bonchev–Trinajstić information content (AvgIpc) is 2.51. The summed E-state index contributed by atoms with van der Waals surface area (Å²) < 4.78 is 5.09. The summed E-state index contributed by atoms with van der Waals surface area (Å²) in [5.74, 6) is 0.628. The van der Waals surface area contributed by atoms with E-state index in [-0.39, 0.29) is 11.9 Å². The minimum absolute atomic E-state index is 0.121. The molecule has 1 atom stereocenters. The summed E-state index contributed by atoms with van der Waals surface area (Å²) >= 11 is 5.99. The SMILES string of the molecule is COc1ccc(NC(=O)[C@@H](C)Nc2cc(Cl)ccc2C)cc1. The Bertz CT molecular complexity index is 656. The van der Waals surface area contributed by atoms with Crippen LogP contribution in [0.1, 0.15) is 12.5 Å². The first-order chi connectivity index (χ1) is 10.5. The van der Waals surface area contributed by atoms with Crippen molar-refractivity contribution in [2.75, 3.05) is 17.7 Å². The first-order valence-corrected chi connectivity index (χ1v) is 7.35. The lowest BCUT2D eigenvalue weighted by atomic mass is 10.1. The summed E-state index contributed by atoms with van der Waals surface area (Å²) in [5, 5.41) is 6.66. The van der Waals surface area contributed by atoms with Gasteiger partial charge in [0.25, 0.3) is 0 Å². The predicted molar refractivity (Wildman–Crippen MR) is 90.9 cm³/mol. The standard InChI is InChI=1S/C17H19ClN2O2/c1-11-4-5-13(18)10-16(11)19-12(2)17(21)20-14-6-8-15(22-3)9-7-14/h4-10,12,19H,1-3H3,(H,20,21)/t12-/m1/s1. The van der Waals surface area contributed by atoms with E-state index in [4.69, 9.17) is 16.3 Å². The van der Waals surface area contributed by atoms with Gasteiger partial charge in [0.05, 0.1) is 7.11 Å². The number of carbonyl (C=O) groups is 1. The fourth-order valence-electron chi connectivity index (χ4n) is 1.97. The molecule has 0 saturated carbocycles. The highest BCUT2D eigenvalue weighted by Crippen LogP contribution is 2.21. The largest absolute Gasteiger partial charge is 0.497 e. The minimum atomic E-state index is -0.390. The van der Waals surface area contributed by atoms with E-state index >= 15 is 0 Å². The summed E-state index contributed by atoms with van der Waals surface area (Å²) in [6.07, 6.45) is 0. The van der Waals surface area contributed by atoms with Crippen LogP contribution in [0.2, 0.25) is 5.02 Å². The van der Waals surface area contributed by atoms with Gasteiger partial charge in [0.2, 0.25) is 5.91 Å². The molecule has 0 fully saturated rings. The molecule has 0 aliphatic heterocycles. The van der Waals surface area contributed by atoms with Gasteiger partial charge in [0.15, 0.2) is 0 Å². The van der Waals surface area contributed by atoms with E-state index in [2.05, 4.69) is 10.6 Å². The fourth-order valence-corrected chi connectivity index (χ4v) is 2.15. The second kappa shape index (κ2) is 7.18. The first kappa shape index (κ1) is 16.2. The molecule has 0 radical (unpaired) electrons. The van der Waals surface area contributed by atoms with E-state index in [0.717, 1.165) is 22.7 Å². The third-order valence-electron chi connectivity index (χ3n) is 3.32. The van der Waals surface area contributed by atoms with Crippen molar-refractivity contribution in [3.63, 3.8) is 0 Å². The lowest BCUT2D eigenvalue weighted by Crippen LogP contribution is -2.32. The van der Waals surface area contributed by atoms with Gasteiger partial charge in [-0.2, -0.15) is 0 Å². The topological polar surface area (TPSA) is 50.4 Å². The molecule has 0 aliphatic carbocycles. The number of aryl methyl sites for hydroxylation is 1. The molecule has 0 heterocycles. The first-order valence-electron chi connectivity index (χ1n) is 6.97. The van der Waals surface area contributed by atoms with Crippen LogP contribution < -0.4 is 15.4 Å². The van der Waals surface area contributed by atoms with E-state index in [1.807, 2.05) is 25.1 Å². The van der Waals surface area contributed by atoms with Crippen molar-refractivity contribution in [2.24, 2.45) is 0 Å². The summed E-state index contributed by atoms with van der Waals surface area (Å²) in [6, 6.07) is 12.4. The molecule has 2 aromatic rings. The highest BCUT2D eigenvalue weighted by atomic mass is 35.5. The van der Waals surface area contributed by atoms with E-state index in [1.54, 1.807) is 38.3 Å². The van der Waals surface area contributed by atoms with Crippen LogP contribution in [-0.2, 0) is 4.79 Å². The van der Waals surface area contributed by atoms with Crippen molar-refractivity contribution in [3.05, 3.63) is 53.1 Å². The number of nitrogens with one attached hydrogen (secondary N) is 2. The van der Waals surface area contributed by atoms with E-state index in [0.29, 0.717) is 5.02 Å². The Labute approximate surface area is 135 Å². The second-order valence-corrected chi connectivity index (χ2v) is 5.48. The lowest BCUT2D eigenvalue weighted by Gasteiger charge is -2.17. The molecule has 2 aromatic carbocycles. The van der Waals surface area contributed by atoms with Crippen molar-refractivity contribution >= 4 is 28.9 Å². The van der Waals surface area contributed by atoms with Crippen molar-refractivity contribution in [1.82, 2.24) is 0 Å². The molecule has 0 spiro atoms. The van der Waals surface area contributed by atoms with E-state index in [9.17, 15) is 4.79 Å². The van der Waals surface area contributed by atoms with Gasteiger partial charge in [-0.1, -0.05) is 17.7 Å². The highest BCUT2D eigenvalue weighted by molar-refractivity contribution is 6.30. The third kappa shape index (κ3) is 4.15. The Balaban J connectivity index is 2.00. The summed E-state index contributed by atoms with van der Waals surface area (Å²) in [5.41, 5.74) is 2.61. The molecule has 116 valence electrons. The quantitative estimate of drug-likeness (QED) is 0.872. The van der Waals surface area contributed by atoms with Gasteiger partial charge >= 0.3 is 0 Å². The summed E-state index contributed by atoms with van der Waals surface area (Å²) in [6.45, 7) is 3.77. The number of ether oxygens (including phenoxy) is 1. The molecular formula is C17H19ClN2O2. The molecule has 2 rings (SSSR count). The van der Waals surface area contributed by atoms with Crippen LogP contribution in [0, 0.1) is 6.92 Å². The average molecular weight is 319 g/mol. The van der Waals surface area contributed by atoms with Crippen LogP contribution in [0.15, 0.2) is 42.5 Å². The summed E-state index contributed by atoms with van der Waals surface area (Å²) in [4.78, 5) is 12.2. The highest BCUT2D eigenvalue weighted by Gasteiger charge is 2.14. The number of halogens is 1. The van der Waals surface area contributed by atoms with Gasteiger partial charge in [-0.05, 0) is 55.8 Å². The van der Waals surface area contributed by atoms with Crippen LogP contribution in [-0.4, -0.2) is 19.1 Å². The molecule has 0 aromatic heterocycles. The predicted octanol–water partition coefficient (Wildman–Crippen LogP) is 4.10. The van der Waals surface area contributed by atoms with E-state index < -0.39 is 0 Å². The van der Waals surface area contributed by atoms with Crippen LogP contribution >= 0.6 is 11.6 Å². The fraction of sp³-hybridized carbons (Fsp3) is 0.235. The number of methoxy groups -OCH3 is 1. The second-order valence-electron chi connectivity index (χ2n) is 5.04. The van der Waals surface area contributed by atoms with Crippen LogP contribution in [0.5, 0.6) is 5.75 Å². The van der Waals surface area contributed by atoms with Crippen molar-refractivity contribution < 1.29 is 9.53 Å². The molecule has 22 heavy (non-hydrogen) atoms. The van der Waals surface area contributed by atoms with Gasteiger partial charge < -0.3 is 15.4 Å². The number of amides is 1. The van der Waals surface area contributed by atoms with Crippen molar-refractivity contribution in [2.45, 2.75) is 19.9 Å². The summed E-state index contributed by atoms with van der Waals surface area (Å²) in [7, 11) is 1.60. The van der Waals surface area contributed by atoms with E-state index in [1.165, 1.54) is 0 Å². The Kier molecular flexibility index (Phi) is 5.28. The third-order valence-corrected chi connectivity index (χ3v) is 3.56. The van der Waals surface area contributed by atoms with Crippen LogP contribution in [0.25, 0.3) is 0 Å². The smallest absolute Gasteiger partial charge is 0.246 e. The number of anilines is 2. The Hall–Kier alpha value is -2.20. The maximum atomic E-state index is 12.2. The van der Waals surface area contributed by atoms with Gasteiger partial charge in [-0.15, -0.1) is 0 Å². The van der Waals surface area contributed by atoms with Crippen LogP contribution in [0.4, 0.5) is 11.4 Å². The zero-order valence-corrected chi connectivity index (χ0v) is 13.6. The number of carbonyl (C=O) groups excluding carboxylic acids is 1. The molecule has 0 bridgehead atoms. The number of hydrogen-bond donors (Lipinski definition) is 2. The molecule has 4 nitrogen and oxygen atoms in total. The number of benzene rings is 2. The number of rotatable bonds is 5. The Morgan fingerprint density at radius 3 is 2.50 bits per heavy atom. The molecule has 0 aliphatic rings. The van der Waals surface area contributed by atoms with Gasteiger partial charge in [-0.25, -0.2) is 0 Å². The molecule has 0 saturated heterocycles. The normalized spacial score (nSPS) is 11.6. The molecule has 2 N–H and O–H groups in total. The number of hydrogen-bond acceptors (Lipinski definition) is 3. The minimum Gasteiger partial charge on any atom is -0.497 e. The molecule has 1 amide bonds.